The highest BCUT2D eigenvalue weighted by Crippen LogP contribution is 2.70. The fourth-order valence-electron chi connectivity index (χ4n) is 11.1. The summed E-state index contributed by atoms with van der Waals surface area (Å²) in [6.45, 7) is 6.61. The molecule has 7 rings (SSSR count). The van der Waals surface area contributed by atoms with E-state index in [0.29, 0.717) is 30.0 Å². The Morgan fingerprint density at radius 3 is 2.39 bits per heavy atom. The minimum atomic E-state index is -1.47. The number of ketones is 2. The molecule has 4 fully saturated rings. The maximum absolute atomic E-state index is 13.9. The average Bonchev–Trinajstić information content (AvgIpc) is 3.78. The molecule has 1 aliphatic heterocycles. The number of pyridine rings is 1. The fraction of sp³-hybridized carbons (Fsp3) is 0.532. The average molecular weight is 931 g/mol. The molecule has 5 aliphatic rings. The molecule has 0 radical (unpaired) electrons. The van der Waals surface area contributed by atoms with Crippen LogP contribution in [0, 0.1) is 28.6 Å². The highest BCUT2D eigenvalue weighted by Gasteiger charge is 2.76. The Morgan fingerprint density at radius 1 is 0.985 bits per heavy atom. The molecule has 8 N–H and O–H groups in total. The number of aliphatic carboxylic acids is 1. The number of hydrogen-bond donors (Lipinski definition) is 9. The van der Waals surface area contributed by atoms with E-state index in [0.717, 1.165) is 24.0 Å². The standard InChI is InChI=1S/C47H58N6O12S/c1-24(51-38(58)14-16-48-43(63)34(66)19-39(59)60)41(61)52-25(2)42(62)53-29-9-5-26(6-10-29)21-49-37-12-7-27(22-50-37)44-64-36-18-32-31-11-8-28-17-30(55)13-15-45(28,3)40(31)33(56)20-46(32,4)47(36,65-44)35(57)23-54/h5-7,9-10,12-13,15,17,22,24-25,31-34,36,40,44,54,56,66H,8,11,14,16,18-21,23H2,1-4H3,(H,48,63)(H,49,50)(H,51,58)(H,52,61)(H,53,62)(H,59,60)/t24-,25-,31-,32?,33-,34?,36+,40?,44+,45-,46-,47+/m0/s1. The van der Waals surface area contributed by atoms with Crippen molar-refractivity contribution in [3.8, 4) is 0 Å². The molecule has 3 saturated carbocycles. The van der Waals surface area contributed by atoms with Crippen molar-refractivity contribution in [3.63, 3.8) is 0 Å². The Labute approximate surface area is 387 Å². The Bertz CT molecular complexity index is 2310. The van der Waals surface area contributed by atoms with Crippen LogP contribution in [0.2, 0.25) is 0 Å². The van der Waals surface area contributed by atoms with Crippen LogP contribution in [0.25, 0.3) is 0 Å². The molecule has 354 valence electrons. The van der Waals surface area contributed by atoms with Crippen LogP contribution < -0.4 is 26.6 Å². The van der Waals surface area contributed by atoms with E-state index in [2.05, 4.69) is 51.1 Å². The van der Waals surface area contributed by atoms with Gasteiger partial charge in [-0.25, -0.2) is 4.98 Å². The van der Waals surface area contributed by atoms with Crippen molar-refractivity contribution in [1.29, 1.82) is 0 Å². The third-order valence-corrected chi connectivity index (χ3v) is 14.8. The number of aromatic nitrogens is 1. The molecular formula is C47H58N6O12S. The number of benzene rings is 1. The molecule has 2 aromatic rings. The van der Waals surface area contributed by atoms with Crippen molar-refractivity contribution in [1.82, 2.24) is 20.9 Å². The number of anilines is 2. The number of allylic oxidation sites excluding steroid dienone is 4. The van der Waals surface area contributed by atoms with Gasteiger partial charge in [-0.05, 0) is 93.3 Å². The summed E-state index contributed by atoms with van der Waals surface area (Å²) in [6, 6.07) is 8.69. The number of carbonyl (C=O) groups excluding carboxylic acids is 6. The van der Waals surface area contributed by atoms with Gasteiger partial charge in [-0.2, -0.15) is 12.6 Å². The number of amides is 4. The number of nitrogens with one attached hydrogen (secondary N) is 5. The SMILES string of the molecule is C[C@H](NC(=O)CCNC(=O)C(S)CC(=O)O)C(=O)N[C@@H](C)C(=O)Nc1ccc(CNc2ccc([C@@H]3O[C@@H]4CC5[C@@H]6CCC7=CC(=O)C=C[C@]7(C)C6[C@@H](O)C[C@]5(C)[C@]4(C(=O)CO)O3)cn2)cc1. The molecule has 0 bridgehead atoms. The number of carbonyl (C=O) groups is 7. The number of fused-ring (bicyclic) bond motifs is 7. The van der Waals surface area contributed by atoms with Crippen molar-refractivity contribution < 1.29 is 58.4 Å². The van der Waals surface area contributed by atoms with Crippen LogP contribution >= 0.6 is 12.6 Å². The van der Waals surface area contributed by atoms with E-state index < -0.39 is 101 Å². The lowest BCUT2D eigenvalue weighted by molar-refractivity contribution is -0.201. The molecular weight excluding hydrogens is 873 g/mol. The number of rotatable bonds is 17. The minimum Gasteiger partial charge on any atom is -0.481 e. The van der Waals surface area contributed by atoms with E-state index in [9.17, 15) is 43.8 Å². The first-order valence-electron chi connectivity index (χ1n) is 22.3. The number of ether oxygens (including phenoxy) is 2. The Morgan fingerprint density at radius 2 is 1.71 bits per heavy atom. The Balaban J connectivity index is 0.882. The van der Waals surface area contributed by atoms with Crippen LogP contribution in [0.3, 0.4) is 0 Å². The van der Waals surface area contributed by atoms with Crippen molar-refractivity contribution >= 4 is 65.3 Å². The molecule has 1 saturated heterocycles. The quantitative estimate of drug-likeness (QED) is 0.103. The van der Waals surface area contributed by atoms with E-state index in [4.69, 9.17) is 14.6 Å². The molecule has 12 atom stereocenters. The predicted octanol–water partition coefficient (Wildman–Crippen LogP) is 2.52. The van der Waals surface area contributed by atoms with Crippen LogP contribution in [0.4, 0.5) is 11.5 Å². The second-order valence-corrected chi connectivity index (χ2v) is 19.2. The zero-order valence-electron chi connectivity index (χ0n) is 37.2. The van der Waals surface area contributed by atoms with Crippen LogP contribution in [0.15, 0.2) is 66.4 Å². The maximum atomic E-state index is 13.9. The summed E-state index contributed by atoms with van der Waals surface area (Å²) in [5.74, 6) is -3.50. The van der Waals surface area contributed by atoms with Gasteiger partial charge in [-0.3, -0.25) is 33.6 Å². The van der Waals surface area contributed by atoms with E-state index in [1.807, 2.05) is 25.1 Å². The minimum absolute atomic E-state index is 0.0232. The molecule has 18 nitrogen and oxygen atoms in total. The monoisotopic (exact) mass is 930 g/mol. The first-order chi connectivity index (χ1) is 31.3. The number of thiol groups is 1. The lowest BCUT2D eigenvalue weighted by atomic mass is 9.46. The summed E-state index contributed by atoms with van der Waals surface area (Å²) in [5.41, 5.74) is 0.233. The number of nitrogens with zero attached hydrogens (tertiary/aromatic N) is 1. The summed E-state index contributed by atoms with van der Waals surface area (Å²) < 4.78 is 13.2. The van der Waals surface area contributed by atoms with Crippen LogP contribution in [0.5, 0.6) is 0 Å². The summed E-state index contributed by atoms with van der Waals surface area (Å²) in [4.78, 5) is 91.2. The van der Waals surface area contributed by atoms with Crippen LogP contribution in [0.1, 0.15) is 83.6 Å². The van der Waals surface area contributed by atoms with Gasteiger partial charge in [0.15, 0.2) is 23.5 Å². The van der Waals surface area contributed by atoms with E-state index in [1.165, 1.54) is 13.8 Å². The number of carboxylic acids is 1. The largest absolute Gasteiger partial charge is 0.481 e. The molecule has 1 aromatic carbocycles. The van der Waals surface area contributed by atoms with Gasteiger partial charge in [0.05, 0.1) is 23.9 Å². The highest BCUT2D eigenvalue weighted by atomic mass is 32.1. The van der Waals surface area contributed by atoms with E-state index >= 15 is 0 Å². The summed E-state index contributed by atoms with van der Waals surface area (Å²) in [7, 11) is 0. The lowest BCUT2D eigenvalue weighted by Crippen LogP contribution is -2.63. The predicted molar refractivity (Wildman–Crippen MR) is 241 cm³/mol. The van der Waals surface area contributed by atoms with E-state index in [1.54, 1.807) is 42.6 Å². The molecule has 66 heavy (non-hydrogen) atoms. The lowest BCUT2D eigenvalue weighted by Gasteiger charge is -2.59. The second-order valence-electron chi connectivity index (χ2n) is 18.5. The number of Topliss-reactive ketones (excluding diaryl/α,β-unsaturated/α-hetero) is 1. The molecule has 0 spiro atoms. The van der Waals surface area contributed by atoms with Gasteiger partial charge in [0.1, 0.15) is 24.5 Å². The third-order valence-electron chi connectivity index (χ3n) is 14.4. The summed E-state index contributed by atoms with van der Waals surface area (Å²) in [5, 5.41) is 43.4. The van der Waals surface area contributed by atoms with Crippen LogP contribution in [-0.4, -0.2) is 110 Å². The molecule has 1 aromatic heterocycles. The molecule has 2 heterocycles. The van der Waals surface area contributed by atoms with Gasteiger partial charge in [-0.15, -0.1) is 0 Å². The molecule has 3 unspecified atom stereocenters. The normalized spacial score (nSPS) is 30.8. The highest BCUT2D eigenvalue weighted by molar-refractivity contribution is 7.81. The van der Waals surface area contributed by atoms with Crippen molar-refractivity contribution in [2.75, 3.05) is 23.8 Å². The van der Waals surface area contributed by atoms with Gasteiger partial charge in [-0.1, -0.05) is 37.6 Å². The number of hydrogen-bond acceptors (Lipinski definition) is 14. The van der Waals surface area contributed by atoms with Crippen LogP contribution in [-0.2, 0) is 49.6 Å². The van der Waals surface area contributed by atoms with E-state index in [-0.39, 0.29) is 42.9 Å². The van der Waals surface area contributed by atoms with Crippen molar-refractivity contribution in [3.05, 3.63) is 77.5 Å². The van der Waals surface area contributed by atoms with Gasteiger partial charge >= 0.3 is 5.97 Å². The Kier molecular flexibility index (Phi) is 14.2. The summed E-state index contributed by atoms with van der Waals surface area (Å²) >= 11 is 3.92. The van der Waals surface area contributed by atoms with Gasteiger partial charge in [0, 0.05) is 53.7 Å². The molecule has 19 heteroatoms. The maximum Gasteiger partial charge on any atom is 0.304 e. The zero-order chi connectivity index (χ0) is 47.7. The zero-order valence-corrected chi connectivity index (χ0v) is 38.1. The number of aliphatic hydroxyl groups is 2. The van der Waals surface area contributed by atoms with Crippen molar-refractivity contribution in [2.45, 2.75) is 114 Å². The topological polar surface area (TPSA) is 272 Å². The number of carboxylic acid groups (broad SMARTS) is 1. The summed E-state index contributed by atoms with van der Waals surface area (Å²) in [6.07, 6.45) is 6.18. The fourth-order valence-corrected chi connectivity index (χ4v) is 11.3. The number of aliphatic hydroxyl groups excluding tert-OH is 2. The third kappa shape index (κ3) is 9.40. The first-order valence-corrected chi connectivity index (χ1v) is 22.8. The second kappa shape index (κ2) is 19.4. The van der Waals surface area contributed by atoms with Gasteiger partial charge in [0.2, 0.25) is 23.6 Å². The first kappa shape index (κ1) is 48.5. The van der Waals surface area contributed by atoms with Crippen molar-refractivity contribution in [2.24, 2.45) is 28.6 Å². The smallest absolute Gasteiger partial charge is 0.304 e. The molecule has 4 aliphatic carbocycles. The Hall–Kier alpha value is -5.47. The van der Waals surface area contributed by atoms with Gasteiger partial charge in [0.25, 0.3) is 0 Å². The van der Waals surface area contributed by atoms with Gasteiger partial charge < -0.3 is 51.4 Å². The molecule has 4 amide bonds.